The quantitative estimate of drug-likeness (QED) is 0.682. The minimum atomic E-state index is 0.269. The van der Waals surface area contributed by atoms with Gasteiger partial charge < -0.3 is 10.1 Å². The van der Waals surface area contributed by atoms with Gasteiger partial charge in [-0.15, -0.1) is 0 Å². The smallest absolute Gasteiger partial charge is 0.0621 e. The molecule has 0 bridgehead atoms. The minimum absolute atomic E-state index is 0.269. The van der Waals surface area contributed by atoms with Gasteiger partial charge in [-0.05, 0) is 39.2 Å². The Morgan fingerprint density at radius 2 is 2.07 bits per heavy atom. The molecule has 1 aliphatic rings. The molecular weight excluding hydrogens is 176 g/mol. The van der Waals surface area contributed by atoms with E-state index in [0.717, 1.165) is 45.4 Å². The van der Waals surface area contributed by atoms with E-state index in [2.05, 4.69) is 18.3 Å². The molecule has 0 radical (unpaired) electrons. The third kappa shape index (κ3) is 4.08. The molecule has 0 aromatic rings. The van der Waals surface area contributed by atoms with Gasteiger partial charge in [0, 0.05) is 25.2 Å². The second-order valence-electron chi connectivity index (χ2n) is 4.22. The average Bonchev–Trinajstić information content (AvgIpc) is 2.18. The first kappa shape index (κ1) is 11.5. The van der Waals surface area contributed by atoms with Crippen molar-refractivity contribution in [3.8, 4) is 6.07 Å². The molecule has 1 heterocycles. The fourth-order valence-electron chi connectivity index (χ4n) is 1.72. The van der Waals surface area contributed by atoms with Crippen LogP contribution in [0.4, 0.5) is 0 Å². The van der Waals surface area contributed by atoms with Gasteiger partial charge in [0.05, 0.1) is 6.07 Å². The summed E-state index contributed by atoms with van der Waals surface area (Å²) in [5.41, 5.74) is 0.269. The zero-order valence-corrected chi connectivity index (χ0v) is 9.01. The molecule has 1 aliphatic heterocycles. The number of unbranched alkanes of at least 4 members (excludes halogenated alkanes) is 2. The molecule has 0 aliphatic carbocycles. The number of rotatable bonds is 5. The van der Waals surface area contributed by atoms with E-state index in [1.807, 2.05) is 0 Å². The lowest BCUT2D eigenvalue weighted by atomic mass is 9.92. The van der Waals surface area contributed by atoms with E-state index in [-0.39, 0.29) is 5.54 Å². The molecule has 0 amide bonds. The molecule has 0 unspecified atom stereocenters. The van der Waals surface area contributed by atoms with Crippen molar-refractivity contribution in [1.82, 2.24) is 5.32 Å². The molecule has 3 nitrogen and oxygen atoms in total. The molecule has 80 valence electrons. The maximum Gasteiger partial charge on any atom is 0.0621 e. The molecule has 0 spiro atoms. The van der Waals surface area contributed by atoms with Crippen LogP contribution in [0.3, 0.4) is 0 Å². The highest BCUT2D eigenvalue weighted by Crippen LogP contribution is 2.19. The van der Waals surface area contributed by atoms with E-state index >= 15 is 0 Å². The SMILES string of the molecule is CC1(NCCCCC#N)CCOCC1. The van der Waals surface area contributed by atoms with Crippen LogP contribution < -0.4 is 5.32 Å². The molecule has 3 heteroatoms. The first-order chi connectivity index (χ1) is 6.77. The van der Waals surface area contributed by atoms with Gasteiger partial charge in [0.2, 0.25) is 0 Å². The van der Waals surface area contributed by atoms with E-state index < -0.39 is 0 Å². The lowest BCUT2D eigenvalue weighted by Gasteiger charge is -2.34. The number of ether oxygens (including phenoxy) is 1. The Kier molecular flexibility index (Phi) is 4.92. The van der Waals surface area contributed by atoms with E-state index in [4.69, 9.17) is 10.00 Å². The monoisotopic (exact) mass is 196 g/mol. The Bertz CT molecular complexity index is 192. The van der Waals surface area contributed by atoms with E-state index in [1.165, 1.54) is 0 Å². The van der Waals surface area contributed by atoms with Gasteiger partial charge in [-0.1, -0.05) is 0 Å². The number of hydrogen-bond acceptors (Lipinski definition) is 3. The van der Waals surface area contributed by atoms with Gasteiger partial charge in [0.25, 0.3) is 0 Å². The van der Waals surface area contributed by atoms with Crippen LogP contribution in [0.25, 0.3) is 0 Å². The number of nitrogens with zero attached hydrogens (tertiary/aromatic N) is 1. The van der Waals surface area contributed by atoms with Gasteiger partial charge in [-0.3, -0.25) is 0 Å². The lowest BCUT2D eigenvalue weighted by Crippen LogP contribution is -2.47. The summed E-state index contributed by atoms with van der Waals surface area (Å²) in [7, 11) is 0. The molecule has 1 saturated heterocycles. The van der Waals surface area contributed by atoms with Crippen molar-refractivity contribution in [2.45, 2.75) is 44.6 Å². The number of nitrogens with one attached hydrogen (secondary N) is 1. The topological polar surface area (TPSA) is 45.0 Å². The van der Waals surface area contributed by atoms with Gasteiger partial charge in [0.1, 0.15) is 0 Å². The predicted octanol–water partition coefficient (Wildman–Crippen LogP) is 1.84. The van der Waals surface area contributed by atoms with Crippen LogP contribution in [0.1, 0.15) is 39.0 Å². The van der Waals surface area contributed by atoms with Gasteiger partial charge in [-0.2, -0.15) is 5.26 Å². The third-order valence-electron chi connectivity index (χ3n) is 2.86. The normalized spacial score (nSPS) is 20.3. The van der Waals surface area contributed by atoms with Gasteiger partial charge in [-0.25, -0.2) is 0 Å². The molecule has 0 saturated carbocycles. The molecule has 0 aromatic carbocycles. The summed E-state index contributed by atoms with van der Waals surface area (Å²) in [6.07, 6.45) is 5.00. The molecule has 1 N–H and O–H groups in total. The fraction of sp³-hybridized carbons (Fsp3) is 0.909. The summed E-state index contributed by atoms with van der Waals surface area (Å²) in [4.78, 5) is 0. The maximum atomic E-state index is 8.38. The van der Waals surface area contributed by atoms with Crippen molar-refractivity contribution >= 4 is 0 Å². The van der Waals surface area contributed by atoms with Crippen LogP contribution in [0.2, 0.25) is 0 Å². The Morgan fingerprint density at radius 3 is 2.71 bits per heavy atom. The standard InChI is InChI=1S/C11H20N2O/c1-11(5-9-14-10-6-11)13-8-4-2-3-7-12/h13H,2-6,8-10H2,1H3. The van der Waals surface area contributed by atoms with Gasteiger partial charge >= 0.3 is 0 Å². The van der Waals surface area contributed by atoms with Crippen molar-refractivity contribution in [2.24, 2.45) is 0 Å². The largest absolute Gasteiger partial charge is 0.381 e. The molecule has 1 rings (SSSR count). The minimum Gasteiger partial charge on any atom is -0.381 e. The summed E-state index contributed by atoms with van der Waals surface area (Å²) >= 11 is 0. The highest BCUT2D eigenvalue weighted by molar-refractivity contribution is 4.85. The van der Waals surface area contributed by atoms with Crippen molar-refractivity contribution in [3.63, 3.8) is 0 Å². The van der Waals surface area contributed by atoms with E-state index in [9.17, 15) is 0 Å². The first-order valence-electron chi connectivity index (χ1n) is 5.47. The highest BCUT2D eigenvalue weighted by Gasteiger charge is 2.25. The Hall–Kier alpha value is -0.590. The maximum absolute atomic E-state index is 8.38. The second kappa shape index (κ2) is 6.00. The number of hydrogen-bond donors (Lipinski definition) is 1. The fourth-order valence-corrected chi connectivity index (χ4v) is 1.72. The molecular formula is C11H20N2O. The first-order valence-corrected chi connectivity index (χ1v) is 5.47. The summed E-state index contributed by atoms with van der Waals surface area (Å²) < 4.78 is 5.33. The summed E-state index contributed by atoms with van der Waals surface area (Å²) in [5.74, 6) is 0. The van der Waals surface area contributed by atoms with Gasteiger partial charge in [0.15, 0.2) is 0 Å². The zero-order chi connectivity index (χ0) is 10.3. The summed E-state index contributed by atoms with van der Waals surface area (Å²) in [5, 5.41) is 11.9. The zero-order valence-electron chi connectivity index (χ0n) is 9.01. The van der Waals surface area contributed by atoms with Crippen LogP contribution in [0.15, 0.2) is 0 Å². The Labute approximate surface area is 86.4 Å². The summed E-state index contributed by atoms with van der Waals surface area (Å²) in [6.45, 7) is 5.04. The highest BCUT2D eigenvalue weighted by atomic mass is 16.5. The lowest BCUT2D eigenvalue weighted by molar-refractivity contribution is 0.0453. The van der Waals surface area contributed by atoms with Crippen LogP contribution in [-0.2, 0) is 4.74 Å². The molecule has 1 fully saturated rings. The second-order valence-corrected chi connectivity index (χ2v) is 4.22. The Balaban J connectivity index is 2.07. The number of nitriles is 1. The molecule has 14 heavy (non-hydrogen) atoms. The molecule has 0 atom stereocenters. The van der Waals surface area contributed by atoms with Crippen LogP contribution >= 0.6 is 0 Å². The van der Waals surface area contributed by atoms with Crippen molar-refractivity contribution < 1.29 is 4.74 Å². The summed E-state index contributed by atoms with van der Waals surface area (Å²) in [6, 6.07) is 2.17. The predicted molar refractivity (Wildman–Crippen MR) is 55.9 cm³/mol. The van der Waals surface area contributed by atoms with Crippen LogP contribution in [-0.4, -0.2) is 25.3 Å². The van der Waals surface area contributed by atoms with Crippen molar-refractivity contribution in [2.75, 3.05) is 19.8 Å². The Morgan fingerprint density at radius 1 is 1.36 bits per heavy atom. The van der Waals surface area contributed by atoms with Crippen LogP contribution in [0, 0.1) is 11.3 Å². The van der Waals surface area contributed by atoms with E-state index in [1.54, 1.807) is 0 Å². The molecule has 0 aromatic heterocycles. The van der Waals surface area contributed by atoms with Crippen LogP contribution in [0.5, 0.6) is 0 Å². The third-order valence-corrected chi connectivity index (χ3v) is 2.86. The van der Waals surface area contributed by atoms with Crippen molar-refractivity contribution in [3.05, 3.63) is 0 Å². The average molecular weight is 196 g/mol. The van der Waals surface area contributed by atoms with E-state index in [0.29, 0.717) is 6.42 Å². The van der Waals surface area contributed by atoms with Crippen molar-refractivity contribution in [1.29, 1.82) is 5.26 Å².